The summed E-state index contributed by atoms with van der Waals surface area (Å²) in [6.07, 6.45) is 0.349. The molecule has 3 heterocycles. The average Bonchev–Trinajstić information content (AvgIpc) is 3.15. The number of nitrogens with one attached hydrogen (secondary N) is 1. The van der Waals surface area contributed by atoms with Crippen LogP contribution in [-0.4, -0.2) is 32.8 Å². The minimum atomic E-state index is -0.554. The zero-order valence-corrected chi connectivity index (χ0v) is 13.7. The zero-order valence-electron chi connectivity index (χ0n) is 11.3. The fraction of sp³-hybridized carbons (Fsp3) is 0.250. The quantitative estimate of drug-likeness (QED) is 0.823. The van der Waals surface area contributed by atoms with Crippen molar-refractivity contribution in [1.82, 2.24) is 15.1 Å². The van der Waals surface area contributed by atoms with Gasteiger partial charge in [-0.25, -0.2) is 0 Å². The fourth-order valence-electron chi connectivity index (χ4n) is 1.96. The Morgan fingerprint density at radius 1 is 1.30 bits per heavy atom. The van der Waals surface area contributed by atoms with Gasteiger partial charge in [-0.3, -0.25) is 24.6 Å². The highest BCUT2D eigenvalue weighted by atomic mass is 35.5. The molecule has 120 valence electrons. The van der Waals surface area contributed by atoms with Gasteiger partial charge in [0, 0.05) is 12.8 Å². The smallest absolute Gasteiger partial charge is 0.322 e. The maximum Gasteiger partial charge on any atom is 0.322 e. The first kappa shape index (κ1) is 15.9. The molecule has 0 unspecified atom stereocenters. The van der Waals surface area contributed by atoms with Crippen LogP contribution < -0.4 is 5.32 Å². The van der Waals surface area contributed by atoms with E-state index in [2.05, 4.69) is 15.5 Å². The largest absolute Gasteiger partial charge is 0.406 e. The third-order valence-electron chi connectivity index (χ3n) is 3.04. The first-order valence-electron chi connectivity index (χ1n) is 6.36. The molecule has 0 aromatic carbocycles. The van der Waals surface area contributed by atoms with Crippen molar-refractivity contribution < 1.29 is 18.8 Å². The SMILES string of the molecule is O=C(Nc1nnc(CN2C(=O)CCC2=O)o1)c1cc(Cl)sc1Cl. The number of aromatic nitrogens is 2. The molecule has 1 N–H and O–H groups in total. The summed E-state index contributed by atoms with van der Waals surface area (Å²) in [4.78, 5) is 36.1. The zero-order chi connectivity index (χ0) is 16.6. The summed E-state index contributed by atoms with van der Waals surface area (Å²) >= 11 is 12.7. The number of hydrogen-bond donors (Lipinski definition) is 1. The first-order chi connectivity index (χ1) is 10.9. The Labute approximate surface area is 143 Å². The lowest BCUT2D eigenvalue weighted by atomic mass is 10.3. The Balaban J connectivity index is 1.67. The summed E-state index contributed by atoms with van der Waals surface area (Å²) in [6, 6.07) is 1.26. The number of halogens is 2. The van der Waals surface area contributed by atoms with Crippen molar-refractivity contribution in [3.63, 3.8) is 0 Å². The summed E-state index contributed by atoms with van der Waals surface area (Å²) in [7, 11) is 0. The van der Waals surface area contributed by atoms with Gasteiger partial charge in [-0.05, 0) is 6.07 Å². The minimum absolute atomic E-state index is 0.0401. The lowest BCUT2D eigenvalue weighted by Crippen LogP contribution is -2.28. The lowest BCUT2D eigenvalue weighted by molar-refractivity contribution is -0.139. The molecule has 0 atom stereocenters. The number of hydrogen-bond acceptors (Lipinski definition) is 7. The van der Waals surface area contributed by atoms with Crippen LogP contribution in [0.1, 0.15) is 29.1 Å². The molecule has 8 nitrogen and oxygen atoms in total. The molecule has 3 rings (SSSR count). The summed E-state index contributed by atoms with van der Waals surface area (Å²) in [5.41, 5.74) is 0.186. The molecule has 0 spiro atoms. The van der Waals surface area contributed by atoms with E-state index in [9.17, 15) is 14.4 Å². The van der Waals surface area contributed by atoms with Crippen LogP contribution in [0.25, 0.3) is 0 Å². The van der Waals surface area contributed by atoms with E-state index in [-0.39, 0.29) is 53.0 Å². The predicted molar refractivity (Wildman–Crippen MR) is 81.4 cm³/mol. The second-order valence-corrected chi connectivity index (χ2v) is 6.85. The van der Waals surface area contributed by atoms with E-state index in [1.54, 1.807) is 0 Å². The molecular formula is C12H8Cl2N4O4S. The van der Waals surface area contributed by atoms with Crippen LogP contribution in [0.15, 0.2) is 10.5 Å². The number of carbonyl (C=O) groups excluding carboxylic acids is 3. The summed E-state index contributed by atoms with van der Waals surface area (Å²) in [6.45, 7) is -0.119. The third kappa shape index (κ3) is 3.36. The lowest BCUT2D eigenvalue weighted by Gasteiger charge is -2.09. The number of rotatable bonds is 4. The van der Waals surface area contributed by atoms with Gasteiger partial charge in [-0.1, -0.05) is 28.3 Å². The van der Waals surface area contributed by atoms with E-state index in [0.29, 0.717) is 4.34 Å². The standard InChI is InChI=1S/C12H8Cl2N4O4S/c13-6-3-5(10(14)23-6)11(21)15-12-17-16-7(22-12)4-18-8(19)1-2-9(18)20/h3H,1-2,4H2,(H,15,17,21). The van der Waals surface area contributed by atoms with Crippen molar-refractivity contribution in [3.05, 3.63) is 26.2 Å². The normalized spacial score (nSPS) is 14.6. The van der Waals surface area contributed by atoms with E-state index < -0.39 is 5.91 Å². The second kappa shape index (κ2) is 6.26. The second-order valence-electron chi connectivity index (χ2n) is 4.57. The van der Waals surface area contributed by atoms with Crippen molar-refractivity contribution >= 4 is 58.3 Å². The van der Waals surface area contributed by atoms with E-state index >= 15 is 0 Å². The van der Waals surface area contributed by atoms with Crippen molar-refractivity contribution in [3.8, 4) is 0 Å². The Morgan fingerprint density at radius 2 is 2.00 bits per heavy atom. The van der Waals surface area contributed by atoms with Crippen LogP contribution in [0.4, 0.5) is 6.01 Å². The number of carbonyl (C=O) groups is 3. The number of nitrogens with zero attached hydrogens (tertiary/aromatic N) is 3. The van der Waals surface area contributed by atoms with E-state index in [0.717, 1.165) is 16.2 Å². The van der Waals surface area contributed by atoms with Gasteiger partial charge in [0.1, 0.15) is 10.9 Å². The Hall–Kier alpha value is -1.97. The predicted octanol–water partition coefficient (Wildman–Crippen LogP) is 2.34. The monoisotopic (exact) mass is 374 g/mol. The number of likely N-dealkylation sites (tertiary alicyclic amines) is 1. The third-order valence-corrected chi connectivity index (χ3v) is 4.52. The molecule has 1 saturated heterocycles. The molecule has 23 heavy (non-hydrogen) atoms. The maximum absolute atomic E-state index is 12.0. The summed E-state index contributed by atoms with van der Waals surface area (Å²) in [5, 5.41) is 9.70. The van der Waals surface area contributed by atoms with Crippen molar-refractivity contribution in [2.75, 3.05) is 5.32 Å². The highest BCUT2D eigenvalue weighted by Crippen LogP contribution is 2.31. The average molecular weight is 375 g/mol. The van der Waals surface area contributed by atoms with E-state index in [1.807, 2.05) is 0 Å². The van der Waals surface area contributed by atoms with Gasteiger partial charge in [0.2, 0.25) is 17.7 Å². The van der Waals surface area contributed by atoms with Crippen molar-refractivity contribution in [2.45, 2.75) is 19.4 Å². The number of imide groups is 1. The minimum Gasteiger partial charge on any atom is -0.406 e. The van der Waals surface area contributed by atoms with Gasteiger partial charge in [0.15, 0.2) is 0 Å². The molecule has 1 aliphatic rings. The molecule has 1 fully saturated rings. The molecule has 3 amide bonds. The highest BCUT2D eigenvalue weighted by Gasteiger charge is 2.30. The van der Waals surface area contributed by atoms with Crippen LogP contribution in [0.3, 0.4) is 0 Å². The Kier molecular flexibility index (Phi) is 4.33. The number of anilines is 1. The number of amides is 3. The molecule has 2 aromatic rings. The van der Waals surface area contributed by atoms with Gasteiger partial charge in [0.25, 0.3) is 5.91 Å². The Bertz CT molecular complexity index is 787. The van der Waals surface area contributed by atoms with E-state index in [4.69, 9.17) is 27.6 Å². The van der Waals surface area contributed by atoms with Crippen LogP contribution in [-0.2, 0) is 16.1 Å². The molecule has 0 bridgehead atoms. The molecule has 1 aliphatic heterocycles. The van der Waals surface area contributed by atoms with Crippen LogP contribution in [0.5, 0.6) is 0 Å². The molecular weight excluding hydrogens is 367 g/mol. The van der Waals surface area contributed by atoms with Gasteiger partial charge < -0.3 is 4.42 Å². The van der Waals surface area contributed by atoms with E-state index in [1.165, 1.54) is 6.07 Å². The Morgan fingerprint density at radius 3 is 2.61 bits per heavy atom. The molecule has 0 aliphatic carbocycles. The van der Waals surface area contributed by atoms with Crippen LogP contribution >= 0.6 is 34.5 Å². The molecule has 2 aromatic heterocycles. The van der Waals surface area contributed by atoms with Crippen molar-refractivity contribution in [1.29, 1.82) is 0 Å². The van der Waals surface area contributed by atoms with Gasteiger partial charge in [0.05, 0.1) is 9.90 Å². The van der Waals surface area contributed by atoms with Gasteiger partial charge >= 0.3 is 6.01 Å². The fourth-order valence-corrected chi connectivity index (χ4v) is 3.42. The van der Waals surface area contributed by atoms with Gasteiger partial charge in [-0.15, -0.1) is 16.4 Å². The first-order valence-corrected chi connectivity index (χ1v) is 7.93. The highest BCUT2D eigenvalue weighted by molar-refractivity contribution is 7.20. The topological polar surface area (TPSA) is 105 Å². The van der Waals surface area contributed by atoms with Gasteiger partial charge in [-0.2, -0.15) is 0 Å². The molecule has 11 heteroatoms. The summed E-state index contributed by atoms with van der Waals surface area (Å²) in [5.74, 6) is -1.10. The van der Waals surface area contributed by atoms with Crippen LogP contribution in [0, 0.1) is 0 Å². The number of thiophene rings is 1. The molecule has 0 radical (unpaired) electrons. The maximum atomic E-state index is 12.0. The molecule has 0 saturated carbocycles. The summed E-state index contributed by atoms with van der Waals surface area (Å²) < 4.78 is 5.82. The van der Waals surface area contributed by atoms with Crippen molar-refractivity contribution in [2.24, 2.45) is 0 Å². The van der Waals surface area contributed by atoms with Crippen LogP contribution in [0.2, 0.25) is 8.67 Å².